The van der Waals surface area contributed by atoms with Gasteiger partial charge >= 0.3 is 0 Å². The Kier molecular flexibility index (Phi) is 5.78. The Bertz CT molecular complexity index is 1030. The molecule has 0 saturated heterocycles. The van der Waals surface area contributed by atoms with Crippen molar-refractivity contribution in [3.05, 3.63) is 58.5 Å². The van der Waals surface area contributed by atoms with E-state index in [-0.39, 0.29) is 17.6 Å². The topological polar surface area (TPSA) is 120 Å². The van der Waals surface area contributed by atoms with Gasteiger partial charge < -0.3 is 10.4 Å². The Hall–Kier alpha value is -3.15. The smallest absolute Gasteiger partial charge is 0.272 e. The van der Waals surface area contributed by atoms with Gasteiger partial charge in [-0.25, -0.2) is 0 Å². The van der Waals surface area contributed by atoms with E-state index in [1.807, 2.05) is 25.3 Å². The van der Waals surface area contributed by atoms with Gasteiger partial charge in [0, 0.05) is 17.8 Å². The highest BCUT2D eigenvalue weighted by atomic mass is 35.5. The van der Waals surface area contributed by atoms with E-state index in [0.717, 1.165) is 11.3 Å². The van der Waals surface area contributed by atoms with Gasteiger partial charge in [-0.3, -0.25) is 14.6 Å². The van der Waals surface area contributed by atoms with Crippen LogP contribution < -0.4 is 5.32 Å². The Morgan fingerprint density at radius 3 is 2.82 bits per heavy atom. The second kappa shape index (κ2) is 8.25. The number of aliphatic hydroxyl groups excluding tert-OH is 1. The van der Waals surface area contributed by atoms with Crippen LogP contribution in [0.25, 0.3) is 11.3 Å². The maximum Gasteiger partial charge on any atom is 0.272 e. The van der Waals surface area contributed by atoms with Gasteiger partial charge in [0.1, 0.15) is 11.8 Å². The van der Waals surface area contributed by atoms with E-state index in [1.54, 1.807) is 29.8 Å². The summed E-state index contributed by atoms with van der Waals surface area (Å²) in [4.78, 5) is 12.3. The molecule has 9 heteroatoms. The van der Waals surface area contributed by atoms with Gasteiger partial charge in [-0.15, -0.1) is 0 Å². The van der Waals surface area contributed by atoms with E-state index in [4.69, 9.17) is 16.9 Å². The molecule has 0 unspecified atom stereocenters. The average molecular weight is 399 g/mol. The van der Waals surface area contributed by atoms with E-state index < -0.39 is 6.10 Å². The fourth-order valence-electron chi connectivity index (χ4n) is 2.67. The number of carbonyl (C=O) groups excluding carboxylic acids is 1. The lowest BCUT2D eigenvalue weighted by Gasteiger charge is -2.13. The second-order valence-electron chi connectivity index (χ2n) is 6.49. The zero-order chi connectivity index (χ0) is 20.3. The molecule has 3 rings (SSSR count). The number of carbonyl (C=O) groups is 1. The van der Waals surface area contributed by atoms with Crippen LogP contribution in [-0.2, 0) is 6.54 Å². The van der Waals surface area contributed by atoms with Crippen molar-refractivity contribution in [3.8, 4) is 17.3 Å². The number of aromatic amines is 1. The number of amides is 1. The van der Waals surface area contributed by atoms with E-state index in [2.05, 4.69) is 20.6 Å². The molecule has 0 fully saturated rings. The molecule has 8 nitrogen and oxygen atoms in total. The highest BCUT2D eigenvalue weighted by molar-refractivity contribution is 6.32. The number of nitrogens with zero attached hydrogens (tertiary/aromatic N) is 4. The summed E-state index contributed by atoms with van der Waals surface area (Å²) < 4.78 is 1.72. The van der Waals surface area contributed by atoms with Crippen molar-refractivity contribution in [2.45, 2.75) is 32.5 Å². The minimum absolute atomic E-state index is 0.198. The number of halogens is 1. The van der Waals surface area contributed by atoms with Crippen LogP contribution in [0.3, 0.4) is 0 Å². The molecule has 2 heterocycles. The standard InChI is InChI=1S/C19H19ClN6O2/c1-11(22-19(28)18-8-17(12(2)27)23-24-18)10-26-6-5-16(25-26)13-3-4-14(9-21)15(20)7-13/h3-8,11-12,27H,10H2,1-2H3,(H,22,28)(H,23,24)/t11-,12-/m0/s1. The molecule has 0 bridgehead atoms. The van der Waals surface area contributed by atoms with Crippen molar-refractivity contribution < 1.29 is 9.90 Å². The molecule has 0 aliphatic heterocycles. The fraction of sp³-hybridized carbons (Fsp3) is 0.263. The summed E-state index contributed by atoms with van der Waals surface area (Å²) in [6, 6.07) is 10.3. The second-order valence-corrected chi connectivity index (χ2v) is 6.90. The van der Waals surface area contributed by atoms with E-state index >= 15 is 0 Å². The molecule has 0 aliphatic rings. The lowest BCUT2D eigenvalue weighted by molar-refractivity contribution is 0.0931. The zero-order valence-electron chi connectivity index (χ0n) is 15.3. The molecule has 1 amide bonds. The summed E-state index contributed by atoms with van der Waals surface area (Å²) in [5.74, 6) is -0.332. The lowest BCUT2D eigenvalue weighted by Crippen LogP contribution is -2.36. The van der Waals surface area contributed by atoms with E-state index in [0.29, 0.717) is 22.8 Å². The average Bonchev–Trinajstić information content (AvgIpc) is 3.31. The maximum absolute atomic E-state index is 12.3. The highest BCUT2D eigenvalue weighted by Crippen LogP contribution is 2.24. The normalized spacial score (nSPS) is 13.0. The molecule has 2 atom stereocenters. The lowest BCUT2D eigenvalue weighted by atomic mass is 10.1. The Morgan fingerprint density at radius 1 is 1.39 bits per heavy atom. The number of nitriles is 1. The number of hydrogen-bond donors (Lipinski definition) is 3. The van der Waals surface area contributed by atoms with Crippen molar-refractivity contribution >= 4 is 17.5 Å². The number of hydrogen-bond acceptors (Lipinski definition) is 5. The Balaban J connectivity index is 1.63. The summed E-state index contributed by atoms with van der Waals surface area (Å²) in [5.41, 5.74) is 2.64. The molecule has 0 aliphatic carbocycles. The summed E-state index contributed by atoms with van der Waals surface area (Å²) in [7, 11) is 0. The van der Waals surface area contributed by atoms with Crippen LogP contribution in [0.15, 0.2) is 36.5 Å². The van der Waals surface area contributed by atoms with Crippen molar-refractivity contribution in [2.24, 2.45) is 0 Å². The van der Waals surface area contributed by atoms with Gasteiger partial charge in [0.15, 0.2) is 0 Å². The van der Waals surface area contributed by atoms with Crippen molar-refractivity contribution in [1.29, 1.82) is 5.26 Å². The minimum Gasteiger partial charge on any atom is -0.387 e. The van der Waals surface area contributed by atoms with Crippen LogP contribution in [0.5, 0.6) is 0 Å². The van der Waals surface area contributed by atoms with Gasteiger partial charge in [0.05, 0.1) is 34.6 Å². The quantitative estimate of drug-likeness (QED) is 0.589. The Labute approximate surface area is 166 Å². The predicted molar refractivity (Wildman–Crippen MR) is 104 cm³/mol. The van der Waals surface area contributed by atoms with E-state index in [9.17, 15) is 9.90 Å². The third-order valence-corrected chi connectivity index (χ3v) is 4.46. The number of aromatic nitrogens is 4. The van der Waals surface area contributed by atoms with Crippen LogP contribution in [0, 0.1) is 11.3 Å². The number of rotatable bonds is 6. The molecule has 1 aromatic carbocycles. The molecule has 28 heavy (non-hydrogen) atoms. The predicted octanol–water partition coefficient (Wildman–Crippen LogP) is 2.67. The summed E-state index contributed by atoms with van der Waals surface area (Å²) in [6.45, 7) is 3.91. The molecule has 2 aromatic heterocycles. The van der Waals surface area contributed by atoms with Gasteiger partial charge in [-0.05, 0) is 38.1 Å². The number of benzene rings is 1. The Morgan fingerprint density at radius 2 is 2.18 bits per heavy atom. The van der Waals surface area contributed by atoms with Crippen molar-refractivity contribution in [1.82, 2.24) is 25.3 Å². The van der Waals surface area contributed by atoms with Crippen LogP contribution >= 0.6 is 11.6 Å². The van der Waals surface area contributed by atoms with Crippen molar-refractivity contribution in [3.63, 3.8) is 0 Å². The number of H-pyrrole nitrogens is 1. The summed E-state index contributed by atoms with van der Waals surface area (Å²) in [6.07, 6.45) is 1.09. The van der Waals surface area contributed by atoms with Crippen molar-refractivity contribution in [2.75, 3.05) is 0 Å². The molecule has 144 valence electrons. The highest BCUT2D eigenvalue weighted by Gasteiger charge is 2.16. The minimum atomic E-state index is -0.718. The molecule has 3 N–H and O–H groups in total. The van der Waals surface area contributed by atoms with Crippen LogP contribution in [-0.4, -0.2) is 37.0 Å². The first-order valence-corrected chi connectivity index (χ1v) is 9.03. The molecule has 0 radical (unpaired) electrons. The third kappa shape index (κ3) is 4.39. The van der Waals surface area contributed by atoms with Crippen LogP contribution in [0.2, 0.25) is 5.02 Å². The first-order valence-electron chi connectivity index (χ1n) is 8.65. The van der Waals surface area contributed by atoms with Gasteiger partial charge in [-0.1, -0.05) is 17.7 Å². The van der Waals surface area contributed by atoms with Crippen LogP contribution in [0.4, 0.5) is 0 Å². The van der Waals surface area contributed by atoms with Gasteiger partial charge in [-0.2, -0.15) is 15.5 Å². The largest absolute Gasteiger partial charge is 0.387 e. The third-order valence-electron chi connectivity index (χ3n) is 4.14. The van der Waals surface area contributed by atoms with E-state index in [1.165, 1.54) is 6.07 Å². The van der Waals surface area contributed by atoms with Gasteiger partial charge in [0.2, 0.25) is 0 Å². The monoisotopic (exact) mass is 398 g/mol. The maximum atomic E-state index is 12.3. The SMILES string of the molecule is C[C@H](O)c1cc(C(=O)N[C@@H](C)Cn2ccc(-c3ccc(C#N)c(Cl)c3)n2)n[nH]1. The van der Waals surface area contributed by atoms with Gasteiger partial charge in [0.25, 0.3) is 5.91 Å². The molecule has 0 saturated carbocycles. The zero-order valence-corrected chi connectivity index (χ0v) is 16.1. The summed E-state index contributed by atoms with van der Waals surface area (Å²) >= 11 is 6.08. The first-order chi connectivity index (χ1) is 13.4. The molecule has 3 aromatic rings. The molecular formula is C19H19ClN6O2. The fourth-order valence-corrected chi connectivity index (χ4v) is 2.90. The number of aliphatic hydroxyl groups is 1. The van der Waals surface area contributed by atoms with Crippen LogP contribution in [0.1, 0.15) is 41.7 Å². The number of nitrogens with one attached hydrogen (secondary N) is 2. The molecular weight excluding hydrogens is 380 g/mol. The molecule has 0 spiro atoms. The summed E-state index contributed by atoms with van der Waals surface area (Å²) in [5, 5.41) is 32.7. The first kappa shape index (κ1) is 19.6.